The SMILES string of the molecule is COc1ccc(OC)c(CCCO)c1F. The number of halogens is 1. The van der Waals surface area contributed by atoms with Gasteiger partial charge in [-0.15, -0.1) is 0 Å². The molecule has 0 amide bonds. The number of hydrogen-bond acceptors (Lipinski definition) is 3. The number of aliphatic hydroxyl groups is 1. The van der Waals surface area contributed by atoms with Gasteiger partial charge >= 0.3 is 0 Å². The molecule has 0 spiro atoms. The monoisotopic (exact) mass is 214 g/mol. The fourth-order valence-electron chi connectivity index (χ4n) is 1.42. The number of benzene rings is 1. The first-order valence-electron chi connectivity index (χ1n) is 4.74. The third-order valence-corrected chi connectivity index (χ3v) is 2.19. The average Bonchev–Trinajstić information content (AvgIpc) is 2.27. The lowest BCUT2D eigenvalue weighted by Gasteiger charge is -2.11. The van der Waals surface area contributed by atoms with Gasteiger partial charge in [-0.05, 0) is 25.0 Å². The minimum absolute atomic E-state index is 0.0276. The first kappa shape index (κ1) is 11.8. The summed E-state index contributed by atoms with van der Waals surface area (Å²) in [7, 11) is 2.91. The van der Waals surface area contributed by atoms with Crippen LogP contribution in [0.25, 0.3) is 0 Å². The van der Waals surface area contributed by atoms with Crippen molar-refractivity contribution in [1.82, 2.24) is 0 Å². The fraction of sp³-hybridized carbons (Fsp3) is 0.455. The van der Waals surface area contributed by atoms with Gasteiger partial charge in [0.15, 0.2) is 11.6 Å². The van der Waals surface area contributed by atoms with Crippen LogP contribution in [0.3, 0.4) is 0 Å². The molecule has 0 bridgehead atoms. The van der Waals surface area contributed by atoms with E-state index in [0.29, 0.717) is 24.2 Å². The molecule has 15 heavy (non-hydrogen) atoms. The van der Waals surface area contributed by atoms with E-state index in [4.69, 9.17) is 14.6 Å². The molecule has 0 aliphatic rings. The molecule has 0 fully saturated rings. The molecule has 4 heteroatoms. The highest BCUT2D eigenvalue weighted by Gasteiger charge is 2.13. The van der Waals surface area contributed by atoms with Crippen molar-refractivity contribution in [1.29, 1.82) is 0 Å². The van der Waals surface area contributed by atoms with Gasteiger partial charge in [0.05, 0.1) is 14.2 Å². The molecule has 0 aliphatic carbocycles. The third-order valence-electron chi connectivity index (χ3n) is 2.19. The smallest absolute Gasteiger partial charge is 0.171 e. The Kier molecular flexibility index (Phi) is 4.37. The van der Waals surface area contributed by atoms with Crippen molar-refractivity contribution in [2.75, 3.05) is 20.8 Å². The van der Waals surface area contributed by atoms with Crippen LogP contribution in [-0.4, -0.2) is 25.9 Å². The maximum absolute atomic E-state index is 13.8. The zero-order valence-electron chi connectivity index (χ0n) is 8.92. The lowest BCUT2D eigenvalue weighted by atomic mass is 10.1. The second-order valence-corrected chi connectivity index (χ2v) is 3.09. The zero-order valence-corrected chi connectivity index (χ0v) is 8.92. The van der Waals surface area contributed by atoms with Crippen LogP contribution in [0, 0.1) is 5.82 Å². The van der Waals surface area contributed by atoms with Crippen molar-refractivity contribution >= 4 is 0 Å². The van der Waals surface area contributed by atoms with Gasteiger partial charge in [-0.2, -0.15) is 0 Å². The summed E-state index contributed by atoms with van der Waals surface area (Å²) in [5.41, 5.74) is 0.450. The van der Waals surface area contributed by atoms with Crippen molar-refractivity contribution in [3.8, 4) is 11.5 Å². The Bertz CT molecular complexity index is 326. The van der Waals surface area contributed by atoms with E-state index in [1.165, 1.54) is 20.3 Å². The summed E-state index contributed by atoms with van der Waals surface area (Å²) in [5.74, 6) is 0.274. The highest BCUT2D eigenvalue weighted by Crippen LogP contribution is 2.29. The van der Waals surface area contributed by atoms with Crippen LogP contribution in [0.2, 0.25) is 0 Å². The van der Waals surface area contributed by atoms with E-state index < -0.39 is 5.82 Å². The van der Waals surface area contributed by atoms with E-state index >= 15 is 0 Å². The molecule has 84 valence electrons. The van der Waals surface area contributed by atoms with Crippen LogP contribution in [0.1, 0.15) is 12.0 Å². The van der Waals surface area contributed by atoms with Crippen molar-refractivity contribution < 1.29 is 19.0 Å². The number of methoxy groups -OCH3 is 2. The van der Waals surface area contributed by atoms with E-state index in [2.05, 4.69) is 0 Å². The summed E-state index contributed by atoms with van der Waals surface area (Å²) in [6.45, 7) is 0.0276. The number of ether oxygens (including phenoxy) is 2. The van der Waals surface area contributed by atoms with Gasteiger partial charge in [-0.1, -0.05) is 0 Å². The number of hydrogen-bond donors (Lipinski definition) is 1. The molecular weight excluding hydrogens is 199 g/mol. The van der Waals surface area contributed by atoms with E-state index in [1.54, 1.807) is 6.07 Å². The quantitative estimate of drug-likeness (QED) is 0.811. The summed E-state index contributed by atoms with van der Waals surface area (Å²) in [5, 5.41) is 8.71. The van der Waals surface area contributed by atoms with E-state index in [1.807, 2.05) is 0 Å². The topological polar surface area (TPSA) is 38.7 Å². The molecule has 1 N–H and O–H groups in total. The third kappa shape index (κ3) is 2.59. The minimum Gasteiger partial charge on any atom is -0.496 e. The van der Waals surface area contributed by atoms with Gasteiger partial charge in [0.2, 0.25) is 0 Å². The Morgan fingerprint density at radius 1 is 1.20 bits per heavy atom. The minimum atomic E-state index is -0.412. The molecule has 0 saturated heterocycles. The maximum Gasteiger partial charge on any atom is 0.171 e. The summed E-state index contributed by atoms with van der Waals surface area (Å²) < 4.78 is 23.7. The fourth-order valence-corrected chi connectivity index (χ4v) is 1.42. The van der Waals surface area contributed by atoms with Gasteiger partial charge in [0.25, 0.3) is 0 Å². The Morgan fingerprint density at radius 2 is 1.80 bits per heavy atom. The summed E-state index contributed by atoms with van der Waals surface area (Å²) in [6.07, 6.45) is 0.934. The normalized spacial score (nSPS) is 10.1. The molecular formula is C11H15FO3. The van der Waals surface area contributed by atoms with Crippen molar-refractivity contribution in [2.24, 2.45) is 0 Å². The van der Waals surface area contributed by atoms with E-state index in [-0.39, 0.29) is 12.4 Å². The first-order chi connectivity index (χ1) is 7.24. The van der Waals surface area contributed by atoms with E-state index in [9.17, 15) is 4.39 Å². The Morgan fingerprint density at radius 3 is 2.33 bits per heavy atom. The lowest BCUT2D eigenvalue weighted by Crippen LogP contribution is -2.00. The molecule has 0 atom stereocenters. The van der Waals surface area contributed by atoms with Gasteiger partial charge < -0.3 is 14.6 Å². The predicted molar refractivity (Wildman–Crippen MR) is 54.9 cm³/mol. The van der Waals surface area contributed by atoms with Gasteiger partial charge in [-0.3, -0.25) is 0 Å². The maximum atomic E-state index is 13.8. The van der Waals surface area contributed by atoms with Crippen LogP contribution < -0.4 is 9.47 Å². The standard InChI is InChI=1S/C11H15FO3/c1-14-9-5-6-10(15-2)11(12)8(9)4-3-7-13/h5-6,13H,3-4,7H2,1-2H3. The molecule has 0 aromatic heterocycles. The molecule has 0 radical (unpaired) electrons. The second-order valence-electron chi connectivity index (χ2n) is 3.09. The van der Waals surface area contributed by atoms with Crippen LogP contribution in [-0.2, 0) is 6.42 Å². The molecule has 0 unspecified atom stereocenters. The summed E-state index contributed by atoms with van der Waals surface area (Å²) in [4.78, 5) is 0. The molecule has 0 saturated carbocycles. The molecule has 1 rings (SSSR count). The molecule has 1 aromatic rings. The molecule has 0 aliphatic heterocycles. The largest absolute Gasteiger partial charge is 0.496 e. The van der Waals surface area contributed by atoms with Gasteiger partial charge in [0.1, 0.15) is 5.75 Å². The number of rotatable bonds is 5. The summed E-state index contributed by atoms with van der Waals surface area (Å²) in [6, 6.07) is 3.19. The van der Waals surface area contributed by atoms with Gasteiger partial charge in [-0.25, -0.2) is 4.39 Å². The second kappa shape index (κ2) is 5.56. The number of aliphatic hydroxyl groups excluding tert-OH is 1. The van der Waals surface area contributed by atoms with Crippen LogP contribution >= 0.6 is 0 Å². The average molecular weight is 214 g/mol. The van der Waals surface area contributed by atoms with Crippen molar-refractivity contribution in [2.45, 2.75) is 12.8 Å². The highest BCUT2D eigenvalue weighted by atomic mass is 19.1. The Balaban J connectivity index is 3.05. The summed E-state index contributed by atoms with van der Waals surface area (Å²) >= 11 is 0. The molecule has 0 heterocycles. The van der Waals surface area contributed by atoms with Crippen molar-refractivity contribution in [3.63, 3.8) is 0 Å². The Hall–Kier alpha value is -1.29. The highest BCUT2D eigenvalue weighted by molar-refractivity contribution is 5.42. The van der Waals surface area contributed by atoms with Crippen LogP contribution in [0.15, 0.2) is 12.1 Å². The van der Waals surface area contributed by atoms with E-state index in [0.717, 1.165) is 0 Å². The Labute approximate surface area is 88.4 Å². The van der Waals surface area contributed by atoms with Crippen LogP contribution in [0.4, 0.5) is 4.39 Å². The molecule has 1 aromatic carbocycles. The lowest BCUT2D eigenvalue weighted by molar-refractivity contribution is 0.286. The van der Waals surface area contributed by atoms with Crippen molar-refractivity contribution in [3.05, 3.63) is 23.5 Å². The first-order valence-corrected chi connectivity index (χ1v) is 4.74. The predicted octanol–water partition coefficient (Wildman–Crippen LogP) is 1.77. The zero-order chi connectivity index (χ0) is 11.3. The molecule has 3 nitrogen and oxygen atoms in total. The van der Waals surface area contributed by atoms with Gasteiger partial charge in [0, 0.05) is 12.2 Å². The van der Waals surface area contributed by atoms with Crippen LogP contribution in [0.5, 0.6) is 11.5 Å².